The fraction of sp³-hybridized carbons (Fsp3) is 0.280. The van der Waals surface area contributed by atoms with E-state index in [2.05, 4.69) is 4.98 Å². The molecule has 0 spiro atoms. The Hall–Kier alpha value is -3.94. The van der Waals surface area contributed by atoms with E-state index in [1.165, 1.54) is 6.07 Å². The molecule has 0 radical (unpaired) electrons. The number of ketones is 2. The van der Waals surface area contributed by atoms with Crippen LogP contribution in [0.3, 0.4) is 0 Å². The van der Waals surface area contributed by atoms with Crippen molar-refractivity contribution in [2.75, 3.05) is 0 Å². The highest BCUT2D eigenvalue weighted by Gasteiger charge is 2.50. The van der Waals surface area contributed by atoms with Gasteiger partial charge < -0.3 is 21.1 Å². The van der Waals surface area contributed by atoms with E-state index in [0.29, 0.717) is 18.4 Å². The van der Waals surface area contributed by atoms with E-state index in [9.17, 15) is 29.7 Å². The van der Waals surface area contributed by atoms with Gasteiger partial charge in [-0.1, -0.05) is 6.07 Å². The molecule has 8 nitrogen and oxygen atoms in total. The lowest BCUT2D eigenvalue weighted by molar-refractivity contribution is -0.127. The quantitative estimate of drug-likeness (QED) is 0.518. The van der Waals surface area contributed by atoms with E-state index < -0.39 is 46.6 Å². The number of pyridine rings is 1. The number of aliphatic hydroxyl groups excluding tert-OH is 2. The molecule has 1 fully saturated rings. The minimum atomic E-state index is -1.12. The Bertz CT molecular complexity index is 1320. The summed E-state index contributed by atoms with van der Waals surface area (Å²) in [6.07, 6.45) is 2.34. The van der Waals surface area contributed by atoms with Crippen molar-refractivity contribution in [3.05, 3.63) is 64.2 Å². The molecule has 8 heteroatoms. The number of aromatic nitrogens is 1. The number of phenolic OH excluding ortho intramolecular Hbond substituents is 1. The van der Waals surface area contributed by atoms with Gasteiger partial charge in [-0.3, -0.25) is 19.4 Å². The number of rotatable bonds is 2. The number of primary amides is 1. The van der Waals surface area contributed by atoms with Gasteiger partial charge in [0.25, 0.3) is 5.91 Å². The van der Waals surface area contributed by atoms with Crippen molar-refractivity contribution in [3.63, 3.8) is 0 Å². The fourth-order valence-corrected chi connectivity index (χ4v) is 5.62. The number of nitrogens with zero attached hydrogens (tertiary/aromatic N) is 1. The van der Waals surface area contributed by atoms with Gasteiger partial charge >= 0.3 is 0 Å². The molecule has 1 amide bonds. The van der Waals surface area contributed by atoms with Crippen LogP contribution in [0.2, 0.25) is 0 Å². The summed E-state index contributed by atoms with van der Waals surface area (Å²) in [5, 5.41) is 32.3. The van der Waals surface area contributed by atoms with Gasteiger partial charge in [-0.25, -0.2) is 0 Å². The summed E-state index contributed by atoms with van der Waals surface area (Å²) in [6, 6.07) is 6.98. The lowest BCUT2D eigenvalue weighted by Crippen LogP contribution is -2.44. The van der Waals surface area contributed by atoms with Gasteiger partial charge in [0.05, 0.1) is 11.5 Å². The van der Waals surface area contributed by atoms with Crippen LogP contribution < -0.4 is 5.73 Å². The maximum absolute atomic E-state index is 13.4. The third-order valence-corrected chi connectivity index (χ3v) is 6.98. The Kier molecular flexibility index (Phi) is 4.63. The minimum Gasteiger partial charge on any atom is -0.511 e. The number of benzene rings is 1. The second-order valence-electron chi connectivity index (χ2n) is 8.92. The van der Waals surface area contributed by atoms with Crippen LogP contribution in [0.5, 0.6) is 5.75 Å². The Labute approximate surface area is 189 Å². The van der Waals surface area contributed by atoms with Crippen LogP contribution in [0, 0.1) is 24.7 Å². The maximum atomic E-state index is 13.4. The van der Waals surface area contributed by atoms with E-state index in [1.807, 2.05) is 19.1 Å². The predicted molar refractivity (Wildman–Crippen MR) is 118 cm³/mol. The van der Waals surface area contributed by atoms with Crippen molar-refractivity contribution >= 4 is 23.2 Å². The number of allylic oxidation sites excluding steroid dienone is 2. The molecule has 1 aromatic carbocycles. The van der Waals surface area contributed by atoms with Crippen LogP contribution in [-0.4, -0.2) is 37.8 Å². The molecule has 1 saturated carbocycles. The number of amides is 1. The molecular weight excluding hydrogens is 424 g/mol. The SMILES string of the molecule is Cc1cc(-c2ccc(O)c3c2CC2CC4CC(=O)C(C(N)=O)=C(O)C4C(=O)C2=C3O)ccn1. The fourth-order valence-electron chi connectivity index (χ4n) is 5.62. The number of aryl methyl sites for hydroxylation is 1. The van der Waals surface area contributed by atoms with E-state index in [-0.39, 0.29) is 29.1 Å². The lowest BCUT2D eigenvalue weighted by Gasteiger charge is -2.41. The van der Waals surface area contributed by atoms with Gasteiger partial charge in [-0.15, -0.1) is 0 Å². The van der Waals surface area contributed by atoms with Crippen molar-refractivity contribution in [2.24, 2.45) is 23.5 Å². The predicted octanol–water partition coefficient (Wildman–Crippen LogP) is 2.68. The summed E-state index contributed by atoms with van der Waals surface area (Å²) in [5.74, 6) is -5.33. The molecule has 3 aliphatic rings. The number of carbonyl (C=O) groups is 3. The van der Waals surface area contributed by atoms with E-state index in [1.54, 1.807) is 12.3 Å². The smallest absolute Gasteiger partial charge is 0.255 e. The molecule has 168 valence electrons. The number of aromatic hydroxyl groups is 1. The lowest BCUT2D eigenvalue weighted by atomic mass is 9.61. The Morgan fingerprint density at radius 2 is 1.88 bits per heavy atom. The second-order valence-corrected chi connectivity index (χ2v) is 8.92. The Morgan fingerprint density at radius 1 is 1.12 bits per heavy atom. The number of carbonyl (C=O) groups excluding carboxylic acids is 3. The zero-order valence-electron chi connectivity index (χ0n) is 17.8. The van der Waals surface area contributed by atoms with E-state index in [0.717, 1.165) is 16.8 Å². The number of aliphatic hydroxyl groups is 2. The van der Waals surface area contributed by atoms with Gasteiger partial charge in [-0.2, -0.15) is 0 Å². The molecule has 3 atom stereocenters. The zero-order valence-corrected chi connectivity index (χ0v) is 17.8. The molecule has 2 aromatic rings. The van der Waals surface area contributed by atoms with Crippen LogP contribution in [0.15, 0.2) is 47.4 Å². The largest absolute Gasteiger partial charge is 0.511 e. The molecule has 0 saturated heterocycles. The van der Waals surface area contributed by atoms with Gasteiger partial charge in [0, 0.05) is 23.9 Å². The van der Waals surface area contributed by atoms with E-state index >= 15 is 0 Å². The monoisotopic (exact) mass is 446 g/mol. The molecule has 5 N–H and O–H groups in total. The third-order valence-electron chi connectivity index (χ3n) is 6.98. The number of phenols is 1. The summed E-state index contributed by atoms with van der Waals surface area (Å²) >= 11 is 0. The topological polar surface area (TPSA) is 151 Å². The summed E-state index contributed by atoms with van der Waals surface area (Å²) < 4.78 is 0. The molecule has 5 rings (SSSR count). The molecule has 0 bridgehead atoms. The first kappa shape index (κ1) is 20.9. The summed E-state index contributed by atoms with van der Waals surface area (Å²) in [7, 11) is 0. The van der Waals surface area contributed by atoms with Crippen molar-refractivity contribution in [1.82, 2.24) is 4.98 Å². The normalized spacial score (nSPS) is 24.3. The van der Waals surface area contributed by atoms with Crippen molar-refractivity contribution < 1.29 is 29.7 Å². The molecule has 33 heavy (non-hydrogen) atoms. The van der Waals surface area contributed by atoms with Gasteiger partial charge in [-0.05, 0) is 66.5 Å². The standard InChI is InChI=1S/C25H22N2O6/c1-10-6-11(4-5-27-10)14-2-3-16(28)20-15(14)8-12-7-13-9-17(29)21(25(26)33)24(32)19(13)22(30)18(12)23(20)31/h2-6,12-13,19,28,31-32H,7-9H2,1H3,(H2,26,33). The van der Waals surface area contributed by atoms with Gasteiger partial charge in [0.2, 0.25) is 0 Å². The average molecular weight is 446 g/mol. The first-order valence-corrected chi connectivity index (χ1v) is 10.7. The second kappa shape index (κ2) is 7.30. The maximum Gasteiger partial charge on any atom is 0.255 e. The highest BCUT2D eigenvalue weighted by Crippen LogP contribution is 2.51. The summed E-state index contributed by atoms with van der Waals surface area (Å²) in [4.78, 5) is 41.8. The Morgan fingerprint density at radius 3 is 2.58 bits per heavy atom. The third kappa shape index (κ3) is 3.05. The summed E-state index contributed by atoms with van der Waals surface area (Å²) in [5.41, 5.74) is 8.20. The number of nitrogens with two attached hydrogens (primary N) is 1. The van der Waals surface area contributed by atoms with Crippen LogP contribution in [-0.2, 0) is 20.8 Å². The molecule has 1 heterocycles. The van der Waals surface area contributed by atoms with Crippen molar-refractivity contribution in [1.29, 1.82) is 0 Å². The highest BCUT2D eigenvalue weighted by atomic mass is 16.3. The van der Waals surface area contributed by atoms with Gasteiger partial charge in [0.1, 0.15) is 22.8 Å². The number of fused-ring (bicyclic) bond motifs is 3. The average Bonchev–Trinajstić information content (AvgIpc) is 2.73. The zero-order chi connectivity index (χ0) is 23.6. The van der Waals surface area contributed by atoms with Crippen LogP contribution in [0.25, 0.3) is 16.9 Å². The van der Waals surface area contributed by atoms with Crippen LogP contribution >= 0.6 is 0 Å². The highest BCUT2D eigenvalue weighted by molar-refractivity contribution is 6.21. The van der Waals surface area contributed by atoms with E-state index in [4.69, 9.17) is 5.73 Å². The van der Waals surface area contributed by atoms with Crippen molar-refractivity contribution in [2.45, 2.75) is 26.2 Å². The number of hydrogen-bond donors (Lipinski definition) is 4. The molecule has 3 aliphatic carbocycles. The van der Waals surface area contributed by atoms with Crippen LogP contribution in [0.4, 0.5) is 0 Å². The molecule has 0 aliphatic heterocycles. The number of Topliss-reactive ketones (excluding diaryl/α,β-unsaturated/α-hetero) is 2. The first-order chi connectivity index (χ1) is 15.7. The van der Waals surface area contributed by atoms with Crippen molar-refractivity contribution in [3.8, 4) is 16.9 Å². The first-order valence-electron chi connectivity index (χ1n) is 10.7. The number of hydrogen-bond acceptors (Lipinski definition) is 7. The minimum absolute atomic E-state index is 0.0768. The van der Waals surface area contributed by atoms with Crippen LogP contribution in [0.1, 0.15) is 29.7 Å². The molecule has 1 aromatic heterocycles. The van der Waals surface area contributed by atoms with Gasteiger partial charge in [0.15, 0.2) is 11.6 Å². The Balaban J connectivity index is 1.68. The molecular formula is C25H22N2O6. The summed E-state index contributed by atoms with van der Waals surface area (Å²) in [6.45, 7) is 1.87. The molecule has 3 unspecified atom stereocenters.